The molecule has 0 atom stereocenters. The molecule has 1 amide bonds. The Hall–Kier alpha value is -1.82. The van der Waals surface area contributed by atoms with Gasteiger partial charge in [0.15, 0.2) is 0 Å². The first-order valence-electron chi connectivity index (χ1n) is 8.92. The smallest absolute Gasteiger partial charge is 0.340 e. The minimum absolute atomic E-state index is 0.0452. The number of ether oxygens (including phenoxy) is 1. The van der Waals surface area contributed by atoms with Gasteiger partial charge in [0.2, 0.25) is 0 Å². The molecule has 1 fully saturated rings. The summed E-state index contributed by atoms with van der Waals surface area (Å²) in [5, 5.41) is 6.74. The Kier molecular flexibility index (Phi) is 5.33. The molecule has 140 valence electrons. The van der Waals surface area contributed by atoms with Gasteiger partial charge in [0.1, 0.15) is 5.69 Å². The SMILES string of the molecule is CCOC(=O)c1c(C)[nH]c(C(=O)NC2CC(C)(C)NC(C)(C)C2)c1C. The molecule has 1 aromatic rings. The van der Waals surface area contributed by atoms with Crippen molar-refractivity contribution in [3.8, 4) is 0 Å². The molecule has 0 spiro atoms. The van der Waals surface area contributed by atoms with E-state index < -0.39 is 5.97 Å². The summed E-state index contributed by atoms with van der Waals surface area (Å²) in [5.74, 6) is -0.563. The lowest BCUT2D eigenvalue weighted by molar-refractivity contribution is 0.0525. The van der Waals surface area contributed by atoms with Crippen LogP contribution in [0.15, 0.2) is 0 Å². The molecule has 0 unspecified atom stereocenters. The van der Waals surface area contributed by atoms with Gasteiger partial charge in [-0.1, -0.05) is 0 Å². The summed E-state index contributed by atoms with van der Waals surface area (Å²) >= 11 is 0. The van der Waals surface area contributed by atoms with E-state index in [4.69, 9.17) is 4.74 Å². The van der Waals surface area contributed by atoms with E-state index in [1.165, 1.54) is 0 Å². The number of hydrogen-bond acceptors (Lipinski definition) is 4. The van der Waals surface area contributed by atoms with Crippen molar-refractivity contribution >= 4 is 11.9 Å². The molecular weight excluding hydrogens is 318 g/mol. The fourth-order valence-corrected chi connectivity index (χ4v) is 4.17. The average molecular weight is 349 g/mol. The van der Waals surface area contributed by atoms with E-state index in [1.807, 2.05) is 0 Å². The van der Waals surface area contributed by atoms with Crippen molar-refractivity contribution < 1.29 is 14.3 Å². The summed E-state index contributed by atoms with van der Waals surface area (Å²) in [4.78, 5) is 27.9. The maximum Gasteiger partial charge on any atom is 0.340 e. The number of H-pyrrole nitrogens is 1. The Labute approximate surface area is 150 Å². The summed E-state index contributed by atoms with van der Waals surface area (Å²) in [6.45, 7) is 14.2. The van der Waals surface area contributed by atoms with Gasteiger partial charge in [-0.05, 0) is 66.9 Å². The lowest BCUT2D eigenvalue weighted by atomic mass is 9.79. The van der Waals surface area contributed by atoms with Gasteiger partial charge in [0.05, 0.1) is 12.2 Å². The van der Waals surface area contributed by atoms with E-state index in [-0.39, 0.29) is 23.0 Å². The maximum atomic E-state index is 12.8. The number of esters is 1. The van der Waals surface area contributed by atoms with Crippen molar-refractivity contribution in [1.29, 1.82) is 0 Å². The van der Waals surface area contributed by atoms with E-state index >= 15 is 0 Å². The molecule has 0 bridgehead atoms. The van der Waals surface area contributed by atoms with Crippen LogP contribution in [0.3, 0.4) is 0 Å². The summed E-state index contributed by atoms with van der Waals surface area (Å²) in [5.41, 5.74) is 2.10. The van der Waals surface area contributed by atoms with Gasteiger partial charge in [0.25, 0.3) is 5.91 Å². The van der Waals surface area contributed by atoms with Crippen LogP contribution in [0.2, 0.25) is 0 Å². The maximum absolute atomic E-state index is 12.8. The molecule has 6 heteroatoms. The third-order valence-electron chi connectivity index (χ3n) is 4.67. The topological polar surface area (TPSA) is 83.2 Å². The highest BCUT2D eigenvalue weighted by Gasteiger charge is 2.38. The minimum atomic E-state index is -0.392. The van der Waals surface area contributed by atoms with Crippen LogP contribution in [0.1, 0.15) is 79.6 Å². The number of amides is 1. The predicted molar refractivity (Wildman–Crippen MR) is 98.0 cm³/mol. The third-order valence-corrected chi connectivity index (χ3v) is 4.67. The zero-order valence-electron chi connectivity index (χ0n) is 16.4. The lowest BCUT2D eigenvalue weighted by Gasteiger charge is -2.46. The molecule has 0 saturated carbocycles. The molecule has 2 heterocycles. The second kappa shape index (κ2) is 6.83. The number of nitrogens with one attached hydrogen (secondary N) is 3. The van der Waals surface area contributed by atoms with Gasteiger partial charge < -0.3 is 20.4 Å². The molecule has 2 rings (SSSR count). The van der Waals surface area contributed by atoms with Gasteiger partial charge in [-0.25, -0.2) is 4.79 Å². The van der Waals surface area contributed by atoms with Crippen LogP contribution in [0.25, 0.3) is 0 Å². The molecule has 1 aliphatic heterocycles. The van der Waals surface area contributed by atoms with E-state index in [0.717, 1.165) is 12.8 Å². The Morgan fingerprint density at radius 2 is 1.72 bits per heavy atom. The Balaban J connectivity index is 2.19. The highest BCUT2D eigenvalue weighted by Crippen LogP contribution is 2.29. The molecule has 25 heavy (non-hydrogen) atoms. The highest BCUT2D eigenvalue weighted by molar-refractivity contribution is 6.00. The van der Waals surface area contributed by atoms with Crippen LogP contribution < -0.4 is 10.6 Å². The van der Waals surface area contributed by atoms with Crippen LogP contribution in [-0.4, -0.2) is 40.6 Å². The summed E-state index contributed by atoms with van der Waals surface area (Å²) < 4.78 is 5.09. The standard InChI is InChI=1S/C19H31N3O3/c1-8-25-17(24)14-11(2)15(20-12(14)3)16(23)21-13-9-18(4,5)22-19(6,7)10-13/h13,20,22H,8-10H2,1-7H3,(H,21,23). The Bertz CT molecular complexity index is 658. The van der Waals surface area contributed by atoms with E-state index in [1.54, 1.807) is 20.8 Å². The van der Waals surface area contributed by atoms with Crippen molar-refractivity contribution in [1.82, 2.24) is 15.6 Å². The van der Waals surface area contributed by atoms with Crippen molar-refractivity contribution in [2.24, 2.45) is 0 Å². The number of carbonyl (C=O) groups is 2. The fraction of sp³-hybridized carbons (Fsp3) is 0.684. The monoisotopic (exact) mass is 349 g/mol. The third kappa shape index (κ3) is 4.42. The van der Waals surface area contributed by atoms with Crippen LogP contribution in [-0.2, 0) is 4.74 Å². The number of rotatable bonds is 4. The average Bonchev–Trinajstić information content (AvgIpc) is 2.70. The molecule has 0 radical (unpaired) electrons. The van der Waals surface area contributed by atoms with Crippen molar-refractivity contribution in [2.45, 2.75) is 78.4 Å². The molecule has 0 aromatic carbocycles. The van der Waals surface area contributed by atoms with Gasteiger partial charge in [-0.15, -0.1) is 0 Å². The van der Waals surface area contributed by atoms with Crippen molar-refractivity contribution in [3.63, 3.8) is 0 Å². The number of carbonyl (C=O) groups excluding carboxylic acids is 2. The number of hydrogen-bond donors (Lipinski definition) is 3. The molecule has 6 nitrogen and oxygen atoms in total. The Morgan fingerprint density at radius 1 is 1.16 bits per heavy atom. The largest absolute Gasteiger partial charge is 0.462 e. The second-order valence-electron chi connectivity index (χ2n) is 8.32. The van der Waals surface area contributed by atoms with Gasteiger partial charge in [-0.2, -0.15) is 0 Å². The van der Waals surface area contributed by atoms with E-state index in [0.29, 0.717) is 29.1 Å². The first-order valence-corrected chi connectivity index (χ1v) is 8.92. The summed E-state index contributed by atoms with van der Waals surface area (Å²) in [7, 11) is 0. The van der Waals surface area contributed by atoms with Crippen LogP contribution in [0.4, 0.5) is 0 Å². The summed E-state index contributed by atoms with van der Waals surface area (Å²) in [6.07, 6.45) is 1.71. The summed E-state index contributed by atoms with van der Waals surface area (Å²) in [6, 6.07) is 0.0767. The predicted octanol–water partition coefficient (Wildman–Crippen LogP) is 2.85. The molecule has 1 saturated heterocycles. The van der Waals surface area contributed by atoms with Crippen LogP contribution >= 0.6 is 0 Å². The number of aromatic amines is 1. The van der Waals surface area contributed by atoms with E-state index in [2.05, 4.69) is 43.3 Å². The lowest BCUT2D eigenvalue weighted by Crippen LogP contribution is -2.62. The zero-order chi connectivity index (χ0) is 19.0. The Morgan fingerprint density at radius 3 is 2.24 bits per heavy atom. The van der Waals surface area contributed by atoms with Gasteiger partial charge >= 0.3 is 5.97 Å². The molecule has 0 aliphatic carbocycles. The molecular formula is C19H31N3O3. The van der Waals surface area contributed by atoms with Crippen LogP contribution in [0, 0.1) is 13.8 Å². The first-order chi connectivity index (χ1) is 11.5. The normalized spacial score (nSPS) is 19.5. The number of aromatic nitrogens is 1. The quantitative estimate of drug-likeness (QED) is 0.730. The molecule has 1 aliphatic rings. The zero-order valence-corrected chi connectivity index (χ0v) is 16.4. The molecule has 1 aromatic heterocycles. The second-order valence-corrected chi connectivity index (χ2v) is 8.32. The van der Waals surface area contributed by atoms with Crippen molar-refractivity contribution in [2.75, 3.05) is 6.61 Å². The fourth-order valence-electron chi connectivity index (χ4n) is 4.17. The van der Waals surface area contributed by atoms with Gasteiger partial charge in [0, 0.05) is 22.8 Å². The van der Waals surface area contributed by atoms with Crippen molar-refractivity contribution in [3.05, 3.63) is 22.5 Å². The number of piperidine rings is 1. The highest BCUT2D eigenvalue weighted by atomic mass is 16.5. The molecule has 3 N–H and O–H groups in total. The minimum Gasteiger partial charge on any atom is -0.462 e. The van der Waals surface area contributed by atoms with E-state index in [9.17, 15) is 9.59 Å². The number of aryl methyl sites for hydroxylation is 1. The van der Waals surface area contributed by atoms with Gasteiger partial charge in [-0.3, -0.25) is 4.79 Å². The first kappa shape index (κ1) is 19.5. The van der Waals surface area contributed by atoms with Crippen LogP contribution in [0.5, 0.6) is 0 Å².